The quantitative estimate of drug-likeness (QED) is 0.667. The number of benzene rings is 2. The van der Waals surface area contributed by atoms with Crippen molar-refractivity contribution in [1.82, 2.24) is 5.32 Å². The fourth-order valence-electron chi connectivity index (χ4n) is 3.24. The molecule has 1 saturated carbocycles. The second-order valence-corrected chi connectivity index (χ2v) is 7.75. The van der Waals surface area contributed by atoms with E-state index in [1.165, 1.54) is 16.9 Å². The number of amides is 2. The van der Waals surface area contributed by atoms with Crippen LogP contribution in [0.1, 0.15) is 38.4 Å². The molecular weight excluding hydrogens is 356 g/mol. The molecule has 4 nitrogen and oxygen atoms in total. The Kier molecular flexibility index (Phi) is 4.77. The van der Waals surface area contributed by atoms with E-state index in [1.54, 1.807) is 24.3 Å². The summed E-state index contributed by atoms with van der Waals surface area (Å²) in [5, 5.41) is 7.76. The number of carbonyl (C=O) groups excluding carboxylic acids is 2. The molecule has 1 aliphatic rings. The Morgan fingerprint density at radius 1 is 0.889 bits per heavy atom. The van der Waals surface area contributed by atoms with Crippen molar-refractivity contribution in [2.75, 3.05) is 11.9 Å². The molecule has 0 saturated heterocycles. The minimum atomic E-state index is -0.201. The van der Waals surface area contributed by atoms with Crippen molar-refractivity contribution in [2.24, 2.45) is 0 Å². The van der Waals surface area contributed by atoms with Gasteiger partial charge >= 0.3 is 0 Å². The van der Waals surface area contributed by atoms with Gasteiger partial charge in [0.1, 0.15) is 0 Å². The zero-order valence-corrected chi connectivity index (χ0v) is 15.6. The second kappa shape index (κ2) is 7.37. The van der Waals surface area contributed by atoms with Gasteiger partial charge in [0.05, 0.1) is 16.1 Å². The van der Waals surface area contributed by atoms with Gasteiger partial charge in [-0.2, -0.15) is 0 Å². The van der Waals surface area contributed by atoms with Gasteiger partial charge in [0.2, 0.25) is 0 Å². The Morgan fingerprint density at radius 2 is 1.63 bits per heavy atom. The lowest BCUT2D eigenvalue weighted by Gasteiger charge is -2.17. The first-order valence-corrected chi connectivity index (χ1v) is 9.84. The molecule has 27 heavy (non-hydrogen) atoms. The predicted octanol–water partition coefficient (Wildman–Crippen LogP) is 4.46. The molecule has 0 atom stereocenters. The topological polar surface area (TPSA) is 58.2 Å². The summed E-state index contributed by atoms with van der Waals surface area (Å²) in [4.78, 5) is 25.7. The molecule has 4 rings (SSSR count). The lowest BCUT2D eigenvalue weighted by Crippen LogP contribution is -2.32. The molecule has 0 spiro atoms. The summed E-state index contributed by atoms with van der Waals surface area (Å²) in [6.45, 7) is 0.600. The molecular formula is C22H20N2O2S. The molecule has 1 aromatic heterocycles. The fraction of sp³-hybridized carbons (Fsp3) is 0.182. The lowest BCUT2D eigenvalue weighted by molar-refractivity contribution is 0.0950. The van der Waals surface area contributed by atoms with Crippen LogP contribution in [-0.2, 0) is 5.41 Å². The number of nitrogens with one attached hydrogen (secondary N) is 2. The molecule has 5 heteroatoms. The van der Waals surface area contributed by atoms with Gasteiger partial charge in [-0.15, -0.1) is 11.3 Å². The highest BCUT2D eigenvalue weighted by atomic mass is 32.1. The van der Waals surface area contributed by atoms with Crippen LogP contribution >= 0.6 is 11.3 Å². The van der Waals surface area contributed by atoms with E-state index in [0.29, 0.717) is 22.7 Å². The van der Waals surface area contributed by atoms with Gasteiger partial charge in [-0.1, -0.05) is 48.5 Å². The van der Waals surface area contributed by atoms with Crippen LogP contribution in [0, 0.1) is 0 Å². The zero-order chi connectivity index (χ0) is 18.7. The van der Waals surface area contributed by atoms with Crippen molar-refractivity contribution in [1.29, 1.82) is 0 Å². The number of para-hydroxylation sites is 1. The average Bonchev–Trinajstić information content (AvgIpc) is 3.30. The predicted molar refractivity (Wildman–Crippen MR) is 108 cm³/mol. The lowest BCUT2D eigenvalue weighted by atomic mass is 9.96. The number of hydrogen-bond acceptors (Lipinski definition) is 3. The van der Waals surface area contributed by atoms with E-state index in [-0.39, 0.29) is 17.2 Å². The van der Waals surface area contributed by atoms with Gasteiger partial charge in [-0.3, -0.25) is 9.59 Å². The molecule has 2 N–H and O–H groups in total. The summed E-state index contributed by atoms with van der Waals surface area (Å²) < 4.78 is 0. The van der Waals surface area contributed by atoms with Crippen molar-refractivity contribution in [3.8, 4) is 0 Å². The maximum Gasteiger partial charge on any atom is 0.265 e. The van der Waals surface area contributed by atoms with Gasteiger partial charge in [0.25, 0.3) is 11.8 Å². The highest BCUT2D eigenvalue weighted by Gasteiger charge is 2.44. The van der Waals surface area contributed by atoms with Gasteiger partial charge in [-0.25, -0.2) is 0 Å². The Hall–Kier alpha value is -2.92. The fourth-order valence-corrected chi connectivity index (χ4v) is 3.86. The molecule has 0 aliphatic heterocycles. The minimum Gasteiger partial charge on any atom is -0.351 e. The SMILES string of the molecule is O=C(Nc1ccccc1C(=O)NCC1(c2ccccc2)CC1)c1cccs1. The number of anilines is 1. The van der Waals surface area contributed by atoms with Gasteiger partial charge in [0.15, 0.2) is 0 Å². The van der Waals surface area contributed by atoms with E-state index in [0.717, 1.165) is 12.8 Å². The largest absolute Gasteiger partial charge is 0.351 e. The van der Waals surface area contributed by atoms with Crippen LogP contribution in [0.4, 0.5) is 5.69 Å². The molecule has 0 bridgehead atoms. The molecule has 0 unspecified atom stereocenters. The van der Waals surface area contributed by atoms with E-state index in [9.17, 15) is 9.59 Å². The number of rotatable bonds is 6. The molecule has 1 heterocycles. The normalized spacial score (nSPS) is 14.4. The van der Waals surface area contributed by atoms with Crippen LogP contribution in [0.15, 0.2) is 72.1 Å². The van der Waals surface area contributed by atoms with Crippen LogP contribution in [0.2, 0.25) is 0 Å². The minimum absolute atomic E-state index is 0.0477. The van der Waals surface area contributed by atoms with E-state index in [4.69, 9.17) is 0 Å². The summed E-state index contributed by atoms with van der Waals surface area (Å²) >= 11 is 1.37. The monoisotopic (exact) mass is 376 g/mol. The molecule has 0 radical (unpaired) electrons. The maximum absolute atomic E-state index is 12.8. The van der Waals surface area contributed by atoms with Crippen LogP contribution in [0.3, 0.4) is 0 Å². The summed E-state index contributed by atoms with van der Waals surface area (Å²) in [6.07, 6.45) is 2.15. The highest BCUT2D eigenvalue weighted by Crippen LogP contribution is 2.47. The third-order valence-electron chi connectivity index (χ3n) is 4.99. The highest BCUT2D eigenvalue weighted by molar-refractivity contribution is 7.12. The summed E-state index contributed by atoms with van der Waals surface area (Å²) in [7, 11) is 0. The first-order valence-electron chi connectivity index (χ1n) is 8.96. The van der Waals surface area contributed by atoms with Crippen LogP contribution in [0.25, 0.3) is 0 Å². The van der Waals surface area contributed by atoms with Crippen molar-refractivity contribution in [3.63, 3.8) is 0 Å². The van der Waals surface area contributed by atoms with Gasteiger partial charge in [-0.05, 0) is 42.0 Å². The molecule has 1 aliphatic carbocycles. The Morgan fingerprint density at radius 3 is 2.33 bits per heavy atom. The molecule has 2 amide bonds. The third kappa shape index (κ3) is 3.78. The molecule has 1 fully saturated rings. The maximum atomic E-state index is 12.8. The average molecular weight is 376 g/mol. The Bertz CT molecular complexity index is 947. The van der Waals surface area contributed by atoms with Crippen LogP contribution in [-0.4, -0.2) is 18.4 Å². The van der Waals surface area contributed by atoms with E-state index >= 15 is 0 Å². The van der Waals surface area contributed by atoms with E-state index in [1.807, 2.05) is 35.7 Å². The van der Waals surface area contributed by atoms with E-state index < -0.39 is 0 Å². The first kappa shape index (κ1) is 17.5. The van der Waals surface area contributed by atoms with Crippen molar-refractivity contribution in [2.45, 2.75) is 18.3 Å². The van der Waals surface area contributed by atoms with Gasteiger partial charge in [0, 0.05) is 12.0 Å². The zero-order valence-electron chi connectivity index (χ0n) is 14.8. The summed E-state index contributed by atoms with van der Waals surface area (Å²) in [5.74, 6) is -0.368. The smallest absolute Gasteiger partial charge is 0.265 e. The second-order valence-electron chi connectivity index (χ2n) is 6.81. The number of carbonyl (C=O) groups is 2. The summed E-state index contributed by atoms with van der Waals surface area (Å²) in [6, 6.07) is 21.0. The van der Waals surface area contributed by atoms with Crippen LogP contribution < -0.4 is 10.6 Å². The van der Waals surface area contributed by atoms with Gasteiger partial charge < -0.3 is 10.6 Å². The Balaban J connectivity index is 1.46. The van der Waals surface area contributed by atoms with Crippen LogP contribution in [0.5, 0.6) is 0 Å². The first-order chi connectivity index (χ1) is 13.2. The molecule has 3 aromatic rings. The summed E-state index contributed by atoms with van der Waals surface area (Å²) in [5.41, 5.74) is 2.32. The van der Waals surface area contributed by atoms with Crippen molar-refractivity contribution in [3.05, 3.63) is 88.1 Å². The van der Waals surface area contributed by atoms with Crippen molar-refractivity contribution < 1.29 is 9.59 Å². The standard InChI is InChI=1S/C22H20N2O2S/c25-20(23-15-22(12-13-22)16-7-2-1-3-8-16)17-9-4-5-10-18(17)24-21(26)19-11-6-14-27-19/h1-11,14H,12-13,15H2,(H,23,25)(H,24,26). The number of hydrogen-bond donors (Lipinski definition) is 2. The third-order valence-corrected chi connectivity index (χ3v) is 5.86. The molecule has 2 aromatic carbocycles. The Labute approximate surface area is 162 Å². The van der Waals surface area contributed by atoms with Crippen molar-refractivity contribution >= 4 is 28.8 Å². The number of thiophene rings is 1. The molecule has 136 valence electrons. The van der Waals surface area contributed by atoms with E-state index in [2.05, 4.69) is 22.8 Å².